The van der Waals surface area contributed by atoms with Crippen LogP contribution in [0.3, 0.4) is 0 Å². The molecule has 67 heavy (non-hydrogen) atoms. The average molecular weight is 972 g/mol. The van der Waals surface area contributed by atoms with Gasteiger partial charge in [-0.1, -0.05) is 53.3 Å². The van der Waals surface area contributed by atoms with Gasteiger partial charge in [-0.3, -0.25) is 24.7 Å². The molecule has 2 aromatic heterocycles. The number of halogens is 1. The summed E-state index contributed by atoms with van der Waals surface area (Å²) in [4.78, 5) is 39.3. The smallest absolute Gasteiger partial charge is 0.293 e. The Morgan fingerprint density at radius 1 is 1.06 bits per heavy atom. The number of nitrogens with one attached hydrogen (secondary N) is 3. The quantitative estimate of drug-likeness (QED) is 0.0309. The van der Waals surface area contributed by atoms with E-state index in [0.29, 0.717) is 55.6 Å². The lowest BCUT2D eigenvalue weighted by molar-refractivity contribution is -0.384. The molecule has 4 N–H and O–H groups in total. The first-order chi connectivity index (χ1) is 32.0. The van der Waals surface area contributed by atoms with Crippen molar-refractivity contribution in [3.05, 3.63) is 117 Å². The van der Waals surface area contributed by atoms with Gasteiger partial charge < -0.3 is 24.5 Å². The highest BCUT2D eigenvalue weighted by Crippen LogP contribution is 2.43. The number of sulfonamides is 1. The molecule has 354 valence electrons. The van der Waals surface area contributed by atoms with Gasteiger partial charge in [0.15, 0.2) is 0 Å². The number of rotatable bonds is 14. The van der Waals surface area contributed by atoms with Crippen LogP contribution in [0.5, 0.6) is 11.5 Å². The molecule has 1 atom stereocenters. The largest absolute Gasteiger partial charge is 0.455 e. The maximum Gasteiger partial charge on any atom is 0.293 e. The summed E-state index contributed by atoms with van der Waals surface area (Å²) in [5.41, 5.74) is 5.26. The van der Waals surface area contributed by atoms with Crippen molar-refractivity contribution < 1.29 is 27.4 Å². The zero-order valence-electron chi connectivity index (χ0n) is 37.6. The van der Waals surface area contributed by atoms with E-state index in [0.717, 1.165) is 61.1 Å². The second kappa shape index (κ2) is 19.8. The molecular formula is C47H55ClN10O7S2. The van der Waals surface area contributed by atoms with Crippen LogP contribution in [-0.4, -0.2) is 113 Å². The number of nitriles is 1. The van der Waals surface area contributed by atoms with Crippen molar-refractivity contribution in [3.8, 4) is 17.7 Å². The number of nitrogens with zero attached hydrogens (tertiary/aromatic N) is 7. The Balaban J connectivity index is 0.979. The monoisotopic (exact) mass is 970 g/mol. The Kier molecular flexibility index (Phi) is 14.0. The number of allylic oxidation sites excluding steroid dienone is 1. The fourth-order valence-corrected chi connectivity index (χ4v) is 12.0. The van der Waals surface area contributed by atoms with E-state index in [1.807, 2.05) is 25.1 Å². The highest BCUT2D eigenvalue weighted by molar-refractivity contribution is 8.00. The summed E-state index contributed by atoms with van der Waals surface area (Å²) >= 11 is 6.25. The van der Waals surface area contributed by atoms with Crippen LogP contribution in [-0.2, 0) is 20.1 Å². The number of hydrogen-bond donors (Lipinski definition) is 5. The topological polar surface area (TPSA) is 222 Å². The van der Waals surface area contributed by atoms with Crippen molar-refractivity contribution in [2.24, 2.45) is 9.78 Å². The van der Waals surface area contributed by atoms with Crippen LogP contribution in [0.25, 0.3) is 16.6 Å². The number of anilines is 2. The SMILES string of the molecule is C[C@@H](CN1CC[SH](O)(=NC#N)CC1)Nc1ccc(S(=O)(=O)NC(=O)c2ccc(N3CCN(CC4=C(c5ccc(Cl)cc5)CC(C)(C)CC4)CC3)cc2Oc2cnc3[nH]ccc3c2)cc1[N+](=O)[O-]. The van der Waals surface area contributed by atoms with E-state index >= 15 is 0 Å². The fraction of sp³-hybridized carbons (Fsp3) is 0.383. The lowest BCUT2D eigenvalue weighted by Gasteiger charge is -2.39. The lowest BCUT2D eigenvalue weighted by atomic mass is 9.72. The van der Waals surface area contributed by atoms with Crippen molar-refractivity contribution in [2.75, 3.05) is 74.1 Å². The Morgan fingerprint density at radius 3 is 2.52 bits per heavy atom. The van der Waals surface area contributed by atoms with Crippen LogP contribution < -0.4 is 19.7 Å². The van der Waals surface area contributed by atoms with Crippen molar-refractivity contribution >= 4 is 71.3 Å². The fourth-order valence-electron chi connectivity index (χ4n) is 9.06. The third kappa shape index (κ3) is 11.5. The number of carbonyl (C=O) groups excluding carboxylic acids is 1. The van der Waals surface area contributed by atoms with Crippen molar-refractivity contribution in [1.29, 1.82) is 5.26 Å². The first-order valence-corrected chi connectivity index (χ1v) is 26.1. The predicted molar refractivity (Wildman–Crippen MR) is 264 cm³/mol. The van der Waals surface area contributed by atoms with Crippen LogP contribution in [0.15, 0.2) is 100 Å². The molecule has 1 amide bonds. The van der Waals surface area contributed by atoms with Crippen LogP contribution >= 0.6 is 11.6 Å². The molecule has 4 heterocycles. The molecule has 0 spiro atoms. The molecule has 8 rings (SSSR count). The zero-order valence-corrected chi connectivity index (χ0v) is 40.1. The summed E-state index contributed by atoms with van der Waals surface area (Å²) in [5.74, 6) is 0.211. The molecule has 3 aliphatic rings. The molecule has 0 unspecified atom stereocenters. The van der Waals surface area contributed by atoms with Crippen molar-refractivity contribution in [1.82, 2.24) is 24.5 Å². The molecule has 20 heteroatoms. The molecule has 2 fully saturated rings. The van der Waals surface area contributed by atoms with E-state index < -0.39 is 41.5 Å². The van der Waals surface area contributed by atoms with Gasteiger partial charge >= 0.3 is 0 Å². The number of thiol groups is 1. The molecule has 0 radical (unpaired) electrons. The van der Waals surface area contributed by atoms with Gasteiger partial charge in [-0.15, -0.1) is 4.36 Å². The number of pyridine rings is 1. The van der Waals surface area contributed by atoms with E-state index in [4.69, 9.17) is 21.6 Å². The first kappa shape index (κ1) is 47.6. The van der Waals surface area contributed by atoms with Gasteiger partial charge in [-0.2, -0.15) is 5.26 Å². The number of benzene rings is 3. The maximum atomic E-state index is 14.0. The van der Waals surface area contributed by atoms with Crippen LogP contribution in [0, 0.1) is 27.0 Å². The standard InChI is InChI=1S/C47H55ClN10O7S2/c1-32(29-56-20-22-66(62,23-21-56)52-31-49)53-42-11-9-39(26-43(42)58(60)61)67(63,64)54-46(59)40-10-8-37(25-44(40)65-38-24-34-13-15-50-45(34)51-28-38)57-18-16-55(17-19-57)30-35-12-14-47(2,3)27-41(35)33-4-6-36(48)7-5-33/h4-11,13,15,24-26,28,32,53,66H,12,14,16-23,27,29-30H2,1-3H3,(H,50,51)(H,52,62)(H,54,59)/t32-/m0/s1. The maximum absolute atomic E-state index is 14.0. The van der Waals surface area contributed by atoms with Crippen LogP contribution in [0.1, 0.15) is 56.0 Å². The molecule has 1 aliphatic carbocycles. The summed E-state index contributed by atoms with van der Waals surface area (Å²) in [6, 6.07) is 19.9. The molecular weight excluding hydrogens is 916 g/mol. The number of carbonyl (C=O) groups is 1. The van der Waals surface area contributed by atoms with Crippen LogP contribution in [0.4, 0.5) is 17.1 Å². The minimum atomic E-state index is -4.63. The first-order valence-electron chi connectivity index (χ1n) is 22.2. The molecule has 3 aromatic carbocycles. The number of nitro groups is 1. The van der Waals surface area contributed by atoms with Crippen molar-refractivity contribution in [3.63, 3.8) is 0 Å². The number of ether oxygens (including phenoxy) is 1. The van der Waals surface area contributed by atoms with E-state index in [2.05, 4.69) is 65.0 Å². The number of amides is 1. The zero-order chi connectivity index (χ0) is 47.5. The van der Waals surface area contributed by atoms with Gasteiger partial charge in [-0.05, 0) is 91.3 Å². The third-order valence-corrected chi connectivity index (χ3v) is 16.6. The van der Waals surface area contributed by atoms with E-state index in [-0.39, 0.29) is 28.5 Å². The number of fused-ring (bicyclic) bond motifs is 1. The second-order valence-electron chi connectivity index (χ2n) is 18.3. The number of H-pyrrole nitrogens is 1. The number of piperazine rings is 1. The molecule has 5 aromatic rings. The summed E-state index contributed by atoms with van der Waals surface area (Å²) in [6.07, 6.45) is 8.13. The summed E-state index contributed by atoms with van der Waals surface area (Å²) in [7, 11) is -7.26. The van der Waals surface area contributed by atoms with Crippen molar-refractivity contribution in [2.45, 2.75) is 51.0 Å². The van der Waals surface area contributed by atoms with Gasteiger partial charge in [0, 0.05) is 104 Å². The van der Waals surface area contributed by atoms with E-state index in [1.54, 1.807) is 30.6 Å². The molecule has 0 saturated carbocycles. The number of aromatic amines is 1. The van der Waals surface area contributed by atoms with E-state index in [9.17, 15) is 27.9 Å². The summed E-state index contributed by atoms with van der Waals surface area (Å²) in [5, 5.41) is 25.8. The van der Waals surface area contributed by atoms with Gasteiger partial charge in [0.05, 0.1) is 21.6 Å². The van der Waals surface area contributed by atoms with Crippen LogP contribution in [0.2, 0.25) is 5.02 Å². The van der Waals surface area contributed by atoms with E-state index in [1.165, 1.54) is 41.1 Å². The normalized spacial score (nSPS) is 18.7. The predicted octanol–water partition coefficient (Wildman–Crippen LogP) is 7.96. The Bertz CT molecular complexity index is 2910. The Morgan fingerprint density at radius 2 is 1.81 bits per heavy atom. The summed E-state index contributed by atoms with van der Waals surface area (Å²) < 4.78 is 50.3. The lowest BCUT2D eigenvalue weighted by Crippen LogP contribution is -2.47. The minimum Gasteiger partial charge on any atom is -0.455 e. The number of hydrogen-bond acceptors (Lipinski definition) is 13. The molecule has 17 nitrogen and oxygen atoms in total. The number of nitro benzene ring substituents is 1. The van der Waals surface area contributed by atoms with Gasteiger partial charge in [0.2, 0.25) is 6.19 Å². The molecule has 0 bridgehead atoms. The van der Waals surface area contributed by atoms with Gasteiger partial charge in [-0.25, -0.2) is 18.1 Å². The highest BCUT2D eigenvalue weighted by Gasteiger charge is 2.31. The second-order valence-corrected chi connectivity index (χ2v) is 23.3. The third-order valence-electron chi connectivity index (χ3n) is 12.8. The number of aromatic nitrogens is 2. The Labute approximate surface area is 396 Å². The van der Waals surface area contributed by atoms with Gasteiger partial charge in [0.25, 0.3) is 21.6 Å². The minimum absolute atomic E-state index is 0.0665. The highest BCUT2D eigenvalue weighted by atomic mass is 35.5. The summed E-state index contributed by atoms with van der Waals surface area (Å²) in [6.45, 7) is 11.9. The molecule has 2 saturated heterocycles. The van der Waals surface area contributed by atoms with Gasteiger partial charge in [0.1, 0.15) is 22.8 Å². The molecule has 2 aliphatic heterocycles. The average Bonchev–Trinajstić information content (AvgIpc) is 3.76. The Hall–Kier alpha value is -5.88.